The molecule has 26 atom stereocenters. The van der Waals surface area contributed by atoms with E-state index in [4.69, 9.17) is 52.0 Å². The van der Waals surface area contributed by atoms with Gasteiger partial charge in [0.1, 0.15) is 66.8 Å². The van der Waals surface area contributed by atoms with Crippen LogP contribution in [0.1, 0.15) is 99.3 Å². The summed E-state index contributed by atoms with van der Waals surface area (Å²) in [5.41, 5.74) is 1.41. The van der Waals surface area contributed by atoms with E-state index < -0.39 is 115 Å². The van der Waals surface area contributed by atoms with Gasteiger partial charge in [0.2, 0.25) is 0 Å². The number of halogens is 2. The fourth-order valence-electron chi connectivity index (χ4n) is 14.2. The summed E-state index contributed by atoms with van der Waals surface area (Å²) in [4.78, 5) is 0. The van der Waals surface area contributed by atoms with Gasteiger partial charge >= 0.3 is 35.3 Å². The Kier molecular flexibility index (Phi) is 18.4. The van der Waals surface area contributed by atoms with Gasteiger partial charge in [0.15, 0.2) is 18.9 Å². The number of hydrogen-bond acceptors (Lipinski definition) is 16. The minimum absolute atomic E-state index is 0. The first-order valence-corrected chi connectivity index (χ1v) is 29.2. The molecule has 0 amide bonds. The van der Waals surface area contributed by atoms with Crippen LogP contribution in [-0.4, -0.2) is 164 Å². The molecule has 386 valence electrons. The van der Waals surface area contributed by atoms with Gasteiger partial charge in [-0.25, -0.2) is 0 Å². The monoisotopic (exact) mass is 1160 g/mol. The van der Waals surface area contributed by atoms with E-state index >= 15 is 0 Å². The number of aliphatic hydroxyl groups excluding tert-OH is 8. The third-order valence-corrected chi connectivity index (χ3v) is 17.9. The van der Waals surface area contributed by atoms with Gasteiger partial charge < -0.3 is 86.3 Å². The zero-order valence-corrected chi connectivity index (χ0v) is 42.6. The molecule has 9 aliphatic rings. The molecule has 21 heteroatoms. The van der Waals surface area contributed by atoms with Crippen LogP contribution < -0.4 is 5.32 Å². The van der Waals surface area contributed by atoms with Crippen LogP contribution in [0.25, 0.3) is 12.3 Å². The van der Waals surface area contributed by atoms with E-state index in [1.165, 1.54) is 38.7 Å². The third-order valence-electron chi connectivity index (χ3n) is 17.9. The molecule has 5 heterocycles. The number of fused-ring (bicyclic) bond motifs is 7. The van der Waals surface area contributed by atoms with Crippen LogP contribution in [0.15, 0.2) is 11.6 Å². The maximum Gasteiger partial charge on any atom is -0.693 e. The van der Waals surface area contributed by atoms with Crippen molar-refractivity contribution in [2.75, 3.05) is 13.2 Å². The second-order valence-corrected chi connectivity index (χ2v) is 24.5. The molecule has 3 saturated carbocycles. The van der Waals surface area contributed by atoms with Gasteiger partial charge in [0.25, 0.3) is 0 Å². The van der Waals surface area contributed by atoms with Gasteiger partial charge in [-0.3, -0.25) is 5.32 Å². The molecule has 13 N–H and O–H groups in total. The molecule has 0 unspecified atom stereocenters. The molecule has 0 aromatic rings. The van der Waals surface area contributed by atoms with Crippen molar-refractivity contribution in [1.29, 1.82) is 0 Å². The summed E-state index contributed by atoms with van der Waals surface area (Å²) < 4.78 is 43.7. The third kappa shape index (κ3) is 9.78. The Balaban J connectivity index is 0.00000140. The zero-order chi connectivity index (χ0) is 46.2. The zero-order valence-electron chi connectivity index (χ0n) is 38.8. The molecule has 8 fully saturated rings. The van der Waals surface area contributed by atoms with Gasteiger partial charge in [-0.1, -0.05) is 39.3 Å². The number of nitrogens with two attached hydrogens (primary N) is 2. The van der Waals surface area contributed by atoms with Crippen molar-refractivity contribution in [2.24, 2.45) is 46.3 Å². The quantitative estimate of drug-likeness (QED) is 0.165. The molecule has 5 saturated heterocycles. The molecule has 66 heavy (non-hydrogen) atoms. The Labute approximate surface area is 405 Å². The molecule has 0 bridgehead atoms. The average Bonchev–Trinajstić information content (AvgIpc) is 3.72. The van der Waals surface area contributed by atoms with E-state index in [2.05, 4.69) is 39.1 Å². The first-order chi connectivity index (χ1) is 30.3. The average molecular weight is 1170 g/mol. The molecule has 18 nitrogen and oxygen atoms in total. The van der Waals surface area contributed by atoms with E-state index in [1.807, 2.05) is 0 Å². The van der Waals surface area contributed by atoms with E-state index in [0.717, 1.165) is 32.2 Å². The molecule has 5 aliphatic heterocycles. The number of nitrogens with one attached hydrogen (secondary N) is 1. The molecule has 0 aromatic carbocycles. The van der Waals surface area contributed by atoms with Crippen LogP contribution in [0.2, 0.25) is 0 Å². The minimum atomic E-state index is -1.70. The summed E-state index contributed by atoms with van der Waals surface area (Å²) in [7, 11) is 9.75. The fourth-order valence-corrected chi connectivity index (χ4v) is 14.2. The van der Waals surface area contributed by atoms with E-state index in [0.29, 0.717) is 54.5 Å². The summed E-state index contributed by atoms with van der Waals surface area (Å²) >= 11 is -0.472. The Morgan fingerprint density at radius 3 is 1.91 bits per heavy atom. The predicted octanol–water partition coefficient (Wildman–Crippen LogP) is 3.63. The largest absolute Gasteiger partial charge is 0.693 e. The molecule has 0 radical (unpaired) electrons. The topological polar surface area (TPSA) is 305 Å². The van der Waals surface area contributed by atoms with Gasteiger partial charge in [0, 0.05) is 12.5 Å². The van der Waals surface area contributed by atoms with Crippen LogP contribution in [0.3, 0.4) is 0 Å². The number of hydrogen-bond donors (Lipinski definition) is 9. The van der Waals surface area contributed by atoms with Gasteiger partial charge in [-0.05, 0) is 112 Å². The van der Waals surface area contributed by atoms with E-state index in [1.54, 1.807) is 0 Å². The Hall–Kier alpha value is 0.288. The summed E-state index contributed by atoms with van der Waals surface area (Å²) in [6.45, 7) is 13.2. The van der Waals surface area contributed by atoms with Crippen molar-refractivity contribution in [3.8, 4) is 0 Å². The molecule has 0 aromatic heterocycles. The molecule has 4 aliphatic carbocycles. The van der Waals surface area contributed by atoms with Gasteiger partial charge in [-0.15, -0.1) is 0 Å². The molecule has 1 spiro atoms. The van der Waals surface area contributed by atoms with Crippen LogP contribution in [-0.2, 0) is 49.6 Å². The number of aliphatic hydroxyl groups is 8. The summed E-state index contributed by atoms with van der Waals surface area (Å²) in [6, 6.07) is 0. The number of ether oxygens (including phenoxy) is 7. The van der Waals surface area contributed by atoms with Crippen molar-refractivity contribution >= 4 is 18.8 Å². The SMILES string of the molecule is C[C@@H]1CC[C@@]2(NC1)O[C@H]1C[C@H]3[C@@H]4CC=C5C[C@@H](O[C@@H]6O[C@H](CO)[C@@H](O[C@@H]7O[C@@H](C)[C@H](O)[C@@H](O)[C@H]7O)[C@H](O)[C@H]6O[C@@H]6O[C@@H](C)[C@H](O)[C@@H](O)[C@H]6O)CC[C@]5(C)[C@H]4CC[C@]3(C)[C@H]1[C@@H]2C.[Cl][Pt+2][Cl].[NH2-].[NH2-]. The van der Waals surface area contributed by atoms with E-state index in [-0.39, 0.29) is 35.0 Å². The van der Waals surface area contributed by atoms with Crippen molar-refractivity contribution in [3.05, 3.63) is 24.0 Å². The Bertz CT molecular complexity index is 1640. The van der Waals surface area contributed by atoms with Crippen molar-refractivity contribution in [3.63, 3.8) is 0 Å². The minimum Gasteiger partial charge on any atom is -0.693 e. The van der Waals surface area contributed by atoms with Crippen LogP contribution >= 0.6 is 18.8 Å². The van der Waals surface area contributed by atoms with Crippen molar-refractivity contribution in [2.45, 2.75) is 209 Å². The first kappa shape index (κ1) is 55.6. The maximum absolute atomic E-state index is 12.0. The predicted molar refractivity (Wildman–Crippen MR) is 237 cm³/mol. The Morgan fingerprint density at radius 1 is 0.727 bits per heavy atom. The van der Waals surface area contributed by atoms with E-state index in [9.17, 15) is 40.9 Å². The standard InChI is InChI=1S/C45H73NO15.2ClH.2H2N.Pt/c1-19-9-14-45(46-17-19)20(2)30-28(61-45)16-27-25-8-7-23-15-24(10-12-43(23,5)26(25)11-13-44(27,30)6)57-42-39(60-41-36(53)34(51)32(49)22(4)56-41)37(54)38(29(18-47)58-42)59-40-35(52)33(50)31(48)21(3)55-40;;;;;/h7,19-22,24-42,46-54H,8-18H2,1-6H3;2*1H;2*1H2;/q;;;2*-1;+4/p-2/t19-,20+,21+,22+,24+,25-,26+,27+,28+,29-,30+,31+,32+,33-,34-,35-,36-,37+,38-,39-,40+,41+,42-,43+,44+,45-;;;;;/m1...../s1. The smallest absolute Gasteiger partial charge is 0.693 e. The molecular formula is C45H77Cl2N3O15Pt. The number of allylic oxidation sites excluding steroid dienone is 1. The summed E-state index contributed by atoms with van der Waals surface area (Å²) in [6.07, 6.45) is -9.93. The van der Waals surface area contributed by atoms with Crippen LogP contribution in [0, 0.1) is 46.3 Å². The van der Waals surface area contributed by atoms with Crippen molar-refractivity contribution < 1.29 is 90.5 Å². The molecule has 9 rings (SSSR count). The van der Waals surface area contributed by atoms with Crippen LogP contribution in [0.4, 0.5) is 0 Å². The second kappa shape index (κ2) is 21.8. The van der Waals surface area contributed by atoms with Gasteiger partial charge in [-0.2, -0.15) is 0 Å². The second-order valence-electron chi connectivity index (χ2n) is 21.3. The summed E-state index contributed by atoms with van der Waals surface area (Å²) in [5.74, 6) is 3.43. The first-order valence-electron chi connectivity index (χ1n) is 23.6. The number of piperidine rings is 1. The van der Waals surface area contributed by atoms with Crippen LogP contribution in [0.5, 0.6) is 0 Å². The number of rotatable bonds is 7. The fraction of sp³-hybridized carbons (Fsp3) is 0.956. The van der Waals surface area contributed by atoms with Crippen molar-refractivity contribution in [1.82, 2.24) is 5.32 Å². The maximum atomic E-state index is 12.0. The molecular weight excluding hydrogens is 1090 g/mol. The van der Waals surface area contributed by atoms with Gasteiger partial charge in [0.05, 0.1) is 31.0 Å². The Morgan fingerprint density at radius 2 is 1.33 bits per heavy atom. The summed E-state index contributed by atoms with van der Waals surface area (Å²) in [5, 5.41) is 89.8. The normalized spacial score (nSPS) is 54.3.